The molecule has 0 aliphatic carbocycles. The van der Waals surface area contributed by atoms with Gasteiger partial charge >= 0.3 is 0 Å². The van der Waals surface area contributed by atoms with Crippen molar-refractivity contribution in [2.45, 2.75) is 39.0 Å². The van der Waals surface area contributed by atoms with Gasteiger partial charge in [0.15, 0.2) is 0 Å². The highest BCUT2D eigenvalue weighted by Gasteiger charge is 2.26. The molecule has 1 heterocycles. The molecule has 1 N–H and O–H groups in total. The van der Waals surface area contributed by atoms with Crippen molar-refractivity contribution >= 4 is 11.6 Å². The molecule has 1 aliphatic heterocycles. The van der Waals surface area contributed by atoms with Gasteiger partial charge in [0, 0.05) is 25.3 Å². The number of hydrogen-bond acceptors (Lipinski definition) is 2. The lowest BCUT2D eigenvalue weighted by Gasteiger charge is -2.32. The van der Waals surface area contributed by atoms with Crippen molar-refractivity contribution in [3.05, 3.63) is 65.2 Å². The van der Waals surface area contributed by atoms with Gasteiger partial charge < -0.3 is 10.2 Å². The molecular formula is C22H28N2O. The molecular weight excluding hydrogens is 308 g/mol. The molecule has 0 radical (unpaired) electrons. The Hall–Kier alpha value is -2.29. The molecule has 132 valence electrons. The van der Waals surface area contributed by atoms with Crippen molar-refractivity contribution in [2.75, 3.05) is 24.5 Å². The van der Waals surface area contributed by atoms with Crippen LogP contribution >= 0.6 is 0 Å². The predicted octanol–water partition coefficient (Wildman–Crippen LogP) is 4.25. The first kappa shape index (κ1) is 17.5. The van der Waals surface area contributed by atoms with E-state index in [0.717, 1.165) is 24.2 Å². The fraction of sp³-hybridized carbons (Fsp3) is 0.409. The summed E-state index contributed by atoms with van der Waals surface area (Å²) in [6, 6.07) is 16.8. The molecule has 25 heavy (non-hydrogen) atoms. The van der Waals surface area contributed by atoms with E-state index in [-0.39, 0.29) is 11.8 Å². The van der Waals surface area contributed by atoms with Crippen LogP contribution in [0.2, 0.25) is 0 Å². The minimum absolute atomic E-state index is 0.0795. The number of hydrogen-bond donors (Lipinski definition) is 1. The van der Waals surface area contributed by atoms with Gasteiger partial charge in [0.2, 0.25) is 5.91 Å². The molecule has 0 aromatic heterocycles. The number of carbonyl (C=O) groups excluding carboxylic acids is 1. The second-order valence-corrected chi connectivity index (χ2v) is 6.84. The first-order valence-corrected chi connectivity index (χ1v) is 9.39. The minimum Gasteiger partial charge on any atom is -0.371 e. The van der Waals surface area contributed by atoms with Crippen LogP contribution in [0.3, 0.4) is 0 Å². The summed E-state index contributed by atoms with van der Waals surface area (Å²) in [5, 5.41) is 3.03. The highest BCUT2D eigenvalue weighted by molar-refractivity contribution is 5.89. The van der Waals surface area contributed by atoms with E-state index in [0.29, 0.717) is 6.54 Å². The zero-order chi connectivity index (χ0) is 17.6. The predicted molar refractivity (Wildman–Crippen MR) is 104 cm³/mol. The van der Waals surface area contributed by atoms with Gasteiger partial charge in [0.25, 0.3) is 0 Å². The highest BCUT2D eigenvalue weighted by Crippen LogP contribution is 2.34. The molecule has 3 rings (SSSR count). The van der Waals surface area contributed by atoms with Crippen LogP contribution in [-0.2, 0) is 4.79 Å². The topological polar surface area (TPSA) is 32.3 Å². The highest BCUT2D eigenvalue weighted by atomic mass is 16.1. The summed E-state index contributed by atoms with van der Waals surface area (Å²) >= 11 is 0. The summed E-state index contributed by atoms with van der Waals surface area (Å²) in [5.41, 5.74) is 4.59. The Morgan fingerprint density at radius 3 is 2.40 bits per heavy atom. The summed E-state index contributed by atoms with van der Waals surface area (Å²) in [5.74, 6) is -0.186. The average Bonchev–Trinajstić information content (AvgIpc) is 2.65. The first-order chi connectivity index (χ1) is 12.2. The zero-order valence-corrected chi connectivity index (χ0v) is 15.3. The molecule has 1 atom stereocenters. The summed E-state index contributed by atoms with van der Waals surface area (Å²) in [4.78, 5) is 15.4. The molecule has 1 saturated heterocycles. The van der Waals surface area contributed by atoms with Crippen molar-refractivity contribution in [3.63, 3.8) is 0 Å². The Kier molecular flexibility index (Phi) is 5.75. The summed E-state index contributed by atoms with van der Waals surface area (Å²) in [7, 11) is 0. The van der Waals surface area contributed by atoms with Gasteiger partial charge in [-0.1, -0.05) is 48.0 Å². The van der Waals surface area contributed by atoms with Crippen LogP contribution in [0.25, 0.3) is 0 Å². The maximum absolute atomic E-state index is 12.9. The van der Waals surface area contributed by atoms with Crippen LogP contribution < -0.4 is 10.2 Å². The molecule has 3 nitrogen and oxygen atoms in total. The van der Waals surface area contributed by atoms with Gasteiger partial charge in [-0.2, -0.15) is 0 Å². The molecule has 0 bridgehead atoms. The van der Waals surface area contributed by atoms with Gasteiger partial charge in [0.1, 0.15) is 0 Å². The number of benzene rings is 2. The second kappa shape index (κ2) is 8.19. The van der Waals surface area contributed by atoms with Crippen molar-refractivity contribution < 1.29 is 4.79 Å². The van der Waals surface area contributed by atoms with Gasteiger partial charge in [-0.25, -0.2) is 0 Å². The quantitative estimate of drug-likeness (QED) is 0.885. The van der Waals surface area contributed by atoms with E-state index in [9.17, 15) is 4.79 Å². The number of piperidine rings is 1. The van der Waals surface area contributed by atoms with Crippen LogP contribution in [-0.4, -0.2) is 25.5 Å². The molecule has 1 unspecified atom stereocenters. The number of nitrogens with one attached hydrogen (secondary N) is 1. The summed E-state index contributed by atoms with van der Waals surface area (Å²) in [6.07, 6.45) is 3.76. The maximum atomic E-state index is 12.9. The lowest BCUT2D eigenvalue weighted by Crippen LogP contribution is -2.33. The van der Waals surface area contributed by atoms with Crippen molar-refractivity contribution in [1.29, 1.82) is 0 Å². The van der Waals surface area contributed by atoms with E-state index < -0.39 is 0 Å². The van der Waals surface area contributed by atoms with Crippen molar-refractivity contribution in [1.82, 2.24) is 5.32 Å². The lowest BCUT2D eigenvalue weighted by atomic mass is 9.88. The normalized spacial score (nSPS) is 15.7. The molecule has 1 fully saturated rings. The number of para-hydroxylation sites is 1. The van der Waals surface area contributed by atoms with Crippen molar-refractivity contribution in [3.8, 4) is 0 Å². The number of carbonyl (C=O) groups is 1. The Bertz CT molecular complexity index is 702. The molecule has 3 heteroatoms. The number of rotatable bonds is 5. The maximum Gasteiger partial charge on any atom is 0.232 e. The standard InChI is InChI=1S/C22H28N2O/c1-3-23-22(25)21(18-13-11-17(2)12-14-18)19-9-5-6-10-20(19)24-15-7-4-8-16-24/h5-6,9-14,21H,3-4,7-8,15-16H2,1-2H3,(H,23,25). The third-order valence-electron chi connectivity index (χ3n) is 4.97. The van der Waals surface area contributed by atoms with E-state index in [1.165, 1.54) is 30.5 Å². The molecule has 1 amide bonds. The number of amides is 1. The zero-order valence-electron chi connectivity index (χ0n) is 15.3. The molecule has 0 saturated carbocycles. The van der Waals surface area contributed by atoms with E-state index in [4.69, 9.17) is 0 Å². The van der Waals surface area contributed by atoms with Gasteiger partial charge in [-0.3, -0.25) is 4.79 Å². The van der Waals surface area contributed by atoms with Crippen LogP contribution in [0.4, 0.5) is 5.69 Å². The second-order valence-electron chi connectivity index (χ2n) is 6.84. The average molecular weight is 336 g/mol. The first-order valence-electron chi connectivity index (χ1n) is 9.39. The van der Waals surface area contributed by atoms with Crippen LogP contribution in [0.5, 0.6) is 0 Å². The monoisotopic (exact) mass is 336 g/mol. The third kappa shape index (κ3) is 4.04. The molecule has 1 aliphatic rings. The SMILES string of the molecule is CCNC(=O)C(c1ccc(C)cc1)c1ccccc1N1CCCCC1. The Morgan fingerprint density at radius 2 is 1.72 bits per heavy atom. The van der Waals surface area contributed by atoms with E-state index >= 15 is 0 Å². The van der Waals surface area contributed by atoms with Gasteiger partial charge in [0.05, 0.1) is 5.92 Å². The Labute approximate surface area is 151 Å². The van der Waals surface area contributed by atoms with Gasteiger partial charge in [-0.15, -0.1) is 0 Å². The third-order valence-corrected chi connectivity index (χ3v) is 4.97. The van der Waals surface area contributed by atoms with E-state index in [2.05, 4.69) is 59.6 Å². The number of likely N-dealkylation sites (N-methyl/N-ethyl adjacent to an activating group) is 1. The molecule has 0 spiro atoms. The van der Waals surface area contributed by atoms with Crippen LogP contribution in [0, 0.1) is 6.92 Å². The Balaban J connectivity index is 2.03. The summed E-state index contributed by atoms with van der Waals surface area (Å²) < 4.78 is 0. The molecule has 2 aromatic rings. The minimum atomic E-state index is -0.265. The van der Waals surface area contributed by atoms with E-state index in [1.807, 2.05) is 13.0 Å². The number of anilines is 1. The fourth-order valence-electron chi connectivity index (χ4n) is 3.66. The summed E-state index contributed by atoms with van der Waals surface area (Å²) in [6.45, 7) is 6.85. The number of nitrogens with zero attached hydrogens (tertiary/aromatic N) is 1. The fourth-order valence-corrected chi connectivity index (χ4v) is 3.66. The molecule has 2 aromatic carbocycles. The van der Waals surface area contributed by atoms with Crippen molar-refractivity contribution in [2.24, 2.45) is 0 Å². The van der Waals surface area contributed by atoms with Gasteiger partial charge in [-0.05, 0) is 50.3 Å². The van der Waals surface area contributed by atoms with E-state index in [1.54, 1.807) is 0 Å². The van der Waals surface area contributed by atoms with Crippen LogP contribution in [0.1, 0.15) is 48.8 Å². The number of aryl methyl sites for hydroxylation is 1. The Morgan fingerprint density at radius 1 is 1.04 bits per heavy atom. The smallest absolute Gasteiger partial charge is 0.232 e. The lowest BCUT2D eigenvalue weighted by molar-refractivity contribution is -0.121. The largest absolute Gasteiger partial charge is 0.371 e. The van der Waals surface area contributed by atoms with Crippen LogP contribution in [0.15, 0.2) is 48.5 Å².